The van der Waals surface area contributed by atoms with Crippen molar-refractivity contribution in [1.29, 1.82) is 0 Å². The molecule has 0 saturated heterocycles. The summed E-state index contributed by atoms with van der Waals surface area (Å²) >= 11 is 0. The monoisotopic (exact) mass is 1180 g/mol. The quantitative estimate of drug-likeness (QED) is 0.0222. The molecule has 0 saturated carbocycles. The van der Waals surface area contributed by atoms with Gasteiger partial charge in [0.1, 0.15) is 19.3 Å². The maximum absolute atomic E-state index is 12.9. The van der Waals surface area contributed by atoms with Crippen molar-refractivity contribution in [3.63, 3.8) is 0 Å². The standard InChI is InChI=1S/C61H118O17P2/c1-6-9-12-15-18-25-31-35-40-45-59(64)72-51-57(78-61(66)47-42-37-32-27-24-22-20-19-21-23-26-30-33-38-43-54(4)5)53-76-80(69,70)74-49-55(62)48-73-79(67,68)75-52-56(77-60(65)46-41-36-29-17-14-11-8-3)50-71-58(63)44-39-34-28-16-13-10-7-2/h54-57,62H,6-53H2,1-5H3,(H,67,68)(H,69,70)/t55-,56+,57+/m0/s1. The summed E-state index contributed by atoms with van der Waals surface area (Å²) in [5, 5.41) is 10.5. The summed E-state index contributed by atoms with van der Waals surface area (Å²) in [5.41, 5.74) is 0. The molecule has 5 atom stereocenters. The van der Waals surface area contributed by atoms with Gasteiger partial charge in [0, 0.05) is 25.7 Å². The van der Waals surface area contributed by atoms with Gasteiger partial charge in [-0.25, -0.2) is 9.13 Å². The van der Waals surface area contributed by atoms with E-state index in [1.54, 1.807) is 0 Å². The van der Waals surface area contributed by atoms with Crippen LogP contribution in [0.15, 0.2) is 0 Å². The van der Waals surface area contributed by atoms with Gasteiger partial charge in [0.2, 0.25) is 0 Å². The van der Waals surface area contributed by atoms with Crippen molar-refractivity contribution in [1.82, 2.24) is 0 Å². The predicted octanol–water partition coefficient (Wildman–Crippen LogP) is 16.6. The van der Waals surface area contributed by atoms with E-state index in [-0.39, 0.29) is 25.7 Å². The second-order valence-electron chi connectivity index (χ2n) is 22.6. The van der Waals surface area contributed by atoms with Gasteiger partial charge < -0.3 is 33.8 Å². The highest BCUT2D eigenvalue weighted by molar-refractivity contribution is 7.47. The first-order valence-electron chi connectivity index (χ1n) is 32.1. The Hall–Kier alpha value is -1.94. The van der Waals surface area contributed by atoms with E-state index < -0.39 is 97.5 Å². The number of hydrogen-bond acceptors (Lipinski definition) is 15. The van der Waals surface area contributed by atoms with Gasteiger partial charge in [-0.3, -0.25) is 37.3 Å². The van der Waals surface area contributed by atoms with Crippen molar-refractivity contribution in [2.45, 2.75) is 323 Å². The normalized spacial score (nSPS) is 14.3. The third-order valence-electron chi connectivity index (χ3n) is 14.0. The van der Waals surface area contributed by atoms with E-state index in [0.717, 1.165) is 121 Å². The summed E-state index contributed by atoms with van der Waals surface area (Å²) in [6.45, 7) is 7.10. The van der Waals surface area contributed by atoms with Crippen LogP contribution >= 0.6 is 15.6 Å². The van der Waals surface area contributed by atoms with Gasteiger partial charge in [0.05, 0.1) is 26.4 Å². The molecular formula is C61H118O17P2. The lowest BCUT2D eigenvalue weighted by Crippen LogP contribution is -2.30. The minimum absolute atomic E-state index is 0.103. The van der Waals surface area contributed by atoms with E-state index in [1.165, 1.54) is 103 Å². The summed E-state index contributed by atoms with van der Waals surface area (Å²) in [6.07, 6.45) is 37.8. The molecule has 474 valence electrons. The fourth-order valence-electron chi connectivity index (χ4n) is 9.05. The van der Waals surface area contributed by atoms with Crippen LogP contribution in [0.5, 0.6) is 0 Å². The number of hydrogen-bond donors (Lipinski definition) is 3. The van der Waals surface area contributed by atoms with Crippen LogP contribution in [0.4, 0.5) is 0 Å². The zero-order valence-corrected chi connectivity index (χ0v) is 53.0. The van der Waals surface area contributed by atoms with Gasteiger partial charge in [-0.15, -0.1) is 0 Å². The molecule has 0 rings (SSSR count). The van der Waals surface area contributed by atoms with Gasteiger partial charge in [0.15, 0.2) is 12.2 Å². The molecule has 0 radical (unpaired) electrons. The second-order valence-corrected chi connectivity index (χ2v) is 25.5. The van der Waals surface area contributed by atoms with Crippen LogP contribution in [0, 0.1) is 5.92 Å². The van der Waals surface area contributed by atoms with Crippen LogP contribution in [-0.2, 0) is 65.4 Å². The molecule has 0 fully saturated rings. The second kappa shape index (κ2) is 55.0. The molecule has 80 heavy (non-hydrogen) atoms. The first kappa shape index (κ1) is 78.1. The van der Waals surface area contributed by atoms with E-state index in [2.05, 4.69) is 34.6 Å². The van der Waals surface area contributed by atoms with Crippen LogP contribution in [0.1, 0.15) is 304 Å². The number of carbonyl (C=O) groups is 4. The summed E-state index contributed by atoms with van der Waals surface area (Å²) in [7, 11) is -9.87. The number of aliphatic hydroxyl groups is 1. The van der Waals surface area contributed by atoms with Crippen molar-refractivity contribution in [2.24, 2.45) is 5.92 Å². The Morgan fingerprint density at radius 2 is 0.575 bits per heavy atom. The molecule has 0 spiro atoms. The number of ether oxygens (including phenoxy) is 4. The maximum atomic E-state index is 12.9. The van der Waals surface area contributed by atoms with Gasteiger partial charge in [-0.05, 0) is 31.6 Å². The first-order valence-corrected chi connectivity index (χ1v) is 35.1. The molecular weight excluding hydrogens is 1070 g/mol. The Labute approximate surface area is 486 Å². The smallest absolute Gasteiger partial charge is 0.462 e. The fourth-order valence-corrected chi connectivity index (χ4v) is 10.6. The van der Waals surface area contributed by atoms with Crippen LogP contribution in [-0.4, -0.2) is 96.7 Å². The van der Waals surface area contributed by atoms with E-state index in [4.69, 9.17) is 37.0 Å². The summed E-state index contributed by atoms with van der Waals surface area (Å²) in [5.74, 6) is -1.35. The minimum atomic E-state index is -4.94. The third kappa shape index (κ3) is 55.3. The fraction of sp³-hybridized carbons (Fsp3) is 0.934. The Kier molecular flexibility index (Phi) is 53.6. The van der Waals surface area contributed by atoms with E-state index in [9.17, 15) is 43.2 Å². The Balaban J connectivity index is 5.13. The highest BCUT2D eigenvalue weighted by atomic mass is 31.2. The van der Waals surface area contributed by atoms with E-state index in [0.29, 0.717) is 25.7 Å². The SMILES string of the molecule is CCCCCCCCCCCC(=O)OC[C@H](COP(=O)(O)OC[C@@H](O)COP(=O)(O)OC[C@@H](COC(=O)CCCCCCCCC)OC(=O)CCCCCCCCC)OC(=O)CCCCCCCCCCCCCCCCC(C)C. The lowest BCUT2D eigenvalue weighted by molar-refractivity contribution is -0.161. The molecule has 0 aromatic carbocycles. The van der Waals surface area contributed by atoms with Crippen LogP contribution in [0.25, 0.3) is 0 Å². The van der Waals surface area contributed by atoms with Crippen LogP contribution in [0.2, 0.25) is 0 Å². The lowest BCUT2D eigenvalue weighted by Gasteiger charge is -2.21. The number of phosphoric acid groups is 2. The molecule has 0 aliphatic heterocycles. The largest absolute Gasteiger partial charge is 0.472 e. The number of phosphoric ester groups is 2. The maximum Gasteiger partial charge on any atom is 0.472 e. The molecule has 0 heterocycles. The molecule has 0 aliphatic carbocycles. The van der Waals surface area contributed by atoms with Crippen molar-refractivity contribution < 1.29 is 80.2 Å². The van der Waals surface area contributed by atoms with E-state index >= 15 is 0 Å². The zero-order chi connectivity index (χ0) is 59.2. The highest BCUT2D eigenvalue weighted by Crippen LogP contribution is 2.45. The Morgan fingerprint density at radius 3 is 0.850 bits per heavy atom. The van der Waals surface area contributed by atoms with Crippen molar-refractivity contribution >= 4 is 39.5 Å². The molecule has 17 nitrogen and oxygen atoms in total. The molecule has 0 aromatic heterocycles. The Morgan fingerprint density at radius 1 is 0.338 bits per heavy atom. The average Bonchev–Trinajstić information content (AvgIpc) is 3.42. The molecule has 0 amide bonds. The number of esters is 4. The zero-order valence-electron chi connectivity index (χ0n) is 51.2. The lowest BCUT2D eigenvalue weighted by atomic mass is 10.0. The molecule has 3 N–H and O–H groups in total. The van der Waals surface area contributed by atoms with E-state index in [1.807, 2.05) is 0 Å². The molecule has 2 unspecified atom stereocenters. The first-order chi connectivity index (χ1) is 38.5. The van der Waals surface area contributed by atoms with Crippen molar-refractivity contribution in [2.75, 3.05) is 39.6 Å². The topological polar surface area (TPSA) is 237 Å². The predicted molar refractivity (Wildman–Crippen MR) is 317 cm³/mol. The number of unbranched alkanes of at least 4 members (excludes halogenated alkanes) is 33. The van der Waals surface area contributed by atoms with Crippen LogP contribution in [0.3, 0.4) is 0 Å². The molecule has 0 aliphatic rings. The summed E-state index contributed by atoms with van der Waals surface area (Å²) in [4.78, 5) is 71.8. The van der Waals surface area contributed by atoms with Gasteiger partial charge in [-0.1, -0.05) is 253 Å². The third-order valence-corrected chi connectivity index (χ3v) is 15.9. The molecule has 0 bridgehead atoms. The van der Waals surface area contributed by atoms with Gasteiger partial charge in [-0.2, -0.15) is 0 Å². The number of rotatable bonds is 61. The summed E-state index contributed by atoms with van der Waals surface area (Å²) < 4.78 is 67.6. The van der Waals surface area contributed by atoms with Gasteiger partial charge in [0.25, 0.3) is 0 Å². The highest BCUT2D eigenvalue weighted by Gasteiger charge is 2.30. The van der Waals surface area contributed by atoms with Gasteiger partial charge >= 0.3 is 39.5 Å². The molecule has 0 aromatic rings. The van der Waals surface area contributed by atoms with Crippen molar-refractivity contribution in [3.05, 3.63) is 0 Å². The molecule has 19 heteroatoms. The number of aliphatic hydroxyl groups excluding tert-OH is 1. The summed E-state index contributed by atoms with van der Waals surface area (Å²) in [6, 6.07) is 0. The average molecular weight is 1190 g/mol. The Bertz CT molecular complexity index is 1570. The minimum Gasteiger partial charge on any atom is -0.462 e. The van der Waals surface area contributed by atoms with Crippen molar-refractivity contribution in [3.8, 4) is 0 Å². The van der Waals surface area contributed by atoms with Crippen LogP contribution < -0.4 is 0 Å². The number of carbonyl (C=O) groups excluding carboxylic acids is 4.